The Morgan fingerprint density at radius 1 is 1.21 bits per heavy atom. The number of rotatable bonds is 4. The van der Waals surface area contributed by atoms with Crippen LogP contribution in [0.2, 0.25) is 0 Å². The lowest BCUT2D eigenvalue weighted by molar-refractivity contribution is -0.147. The van der Waals surface area contributed by atoms with Gasteiger partial charge in [-0.2, -0.15) is 0 Å². The maximum absolute atomic E-state index is 12.6. The first-order valence-electron chi connectivity index (χ1n) is 8.04. The standard InChI is InChI=1S/C17H20N2O5/c20-15-2-1-7-18(15)10-12-3-5-13(6-4-12)16(21)19-8-9-24-11-14(19)17(22)23/h3-6,14H,1-2,7-11H2,(H,22,23)/t14-/m0/s1. The van der Waals surface area contributed by atoms with Gasteiger partial charge in [-0.05, 0) is 24.1 Å². The SMILES string of the molecule is O=C(O)[C@@H]1COCCN1C(=O)c1ccc(CN2CCCC2=O)cc1. The topological polar surface area (TPSA) is 87.2 Å². The summed E-state index contributed by atoms with van der Waals surface area (Å²) < 4.78 is 5.15. The van der Waals surface area contributed by atoms with Crippen molar-refractivity contribution < 1.29 is 24.2 Å². The average molecular weight is 332 g/mol. The number of hydrogen-bond acceptors (Lipinski definition) is 4. The number of carbonyl (C=O) groups is 3. The monoisotopic (exact) mass is 332 g/mol. The molecule has 7 heteroatoms. The molecule has 2 amide bonds. The van der Waals surface area contributed by atoms with Gasteiger partial charge in [-0.1, -0.05) is 12.1 Å². The van der Waals surface area contributed by atoms with Crippen LogP contribution in [0.4, 0.5) is 0 Å². The summed E-state index contributed by atoms with van der Waals surface area (Å²) in [6.45, 7) is 1.93. The van der Waals surface area contributed by atoms with Crippen molar-refractivity contribution in [2.24, 2.45) is 0 Å². The second-order valence-electron chi connectivity index (χ2n) is 6.04. The molecule has 3 rings (SSSR count). The van der Waals surface area contributed by atoms with Crippen LogP contribution in [0.25, 0.3) is 0 Å². The number of morpholine rings is 1. The lowest BCUT2D eigenvalue weighted by atomic mass is 10.1. The van der Waals surface area contributed by atoms with E-state index in [0.29, 0.717) is 25.1 Å². The van der Waals surface area contributed by atoms with Crippen molar-refractivity contribution in [3.63, 3.8) is 0 Å². The van der Waals surface area contributed by atoms with E-state index in [1.807, 2.05) is 12.1 Å². The average Bonchev–Trinajstić information content (AvgIpc) is 3.00. The van der Waals surface area contributed by atoms with Crippen LogP contribution in [0.5, 0.6) is 0 Å². The number of amides is 2. The minimum atomic E-state index is -1.06. The van der Waals surface area contributed by atoms with E-state index in [9.17, 15) is 19.5 Å². The van der Waals surface area contributed by atoms with Crippen molar-refractivity contribution in [2.45, 2.75) is 25.4 Å². The minimum absolute atomic E-state index is 0.0101. The Labute approximate surface area is 139 Å². The summed E-state index contributed by atoms with van der Waals surface area (Å²) in [5.41, 5.74) is 1.40. The molecule has 1 atom stereocenters. The normalized spacial score (nSPS) is 21.2. The summed E-state index contributed by atoms with van der Waals surface area (Å²) in [6.07, 6.45) is 1.49. The fourth-order valence-electron chi connectivity index (χ4n) is 3.06. The van der Waals surface area contributed by atoms with Gasteiger partial charge in [0.1, 0.15) is 0 Å². The van der Waals surface area contributed by atoms with Crippen molar-refractivity contribution in [2.75, 3.05) is 26.3 Å². The van der Waals surface area contributed by atoms with Crippen LogP contribution >= 0.6 is 0 Å². The Balaban J connectivity index is 1.69. The van der Waals surface area contributed by atoms with E-state index in [0.717, 1.165) is 18.5 Å². The number of benzene rings is 1. The summed E-state index contributed by atoms with van der Waals surface area (Å²) in [4.78, 5) is 38.6. The zero-order valence-corrected chi connectivity index (χ0v) is 13.3. The van der Waals surface area contributed by atoms with Gasteiger partial charge >= 0.3 is 5.97 Å². The highest BCUT2D eigenvalue weighted by molar-refractivity contribution is 5.96. The van der Waals surface area contributed by atoms with Gasteiger partial charge in [-0.25, -0.2) is 4.79 Å². The Bertz CT molecular complexity index is 643. The molecule has 0 bridgehead atoms. The molecule has 1 N–H and O–H groups in total. The first-order chi connectivity index (χ1) is 11.6. The van der Waals surface area contributed by atoms with Gasteiger partial charge in [0.15, 0.2) is 6.04 Å². The fraction of sp³-hybridized carbons (Fsp3) is 0.471. The lowest BCUT2D eigenvalue weighted by Gasteiger charge is -2.32. The Hall–Kier alpha value is -2.41. The molecule has 2 fully saturated rings. The van der Waals surface area contributed by atoms with E-state index in [1.54, 1.807) is 17.0 Å². The van der Waals surface area contributed by atoms with Crippen molar-refractivity contribution in [1.29, 1.82) is 0 Å². The van der Waals surface area contributed by atoms with Crippen molar-refractivity contribution in [3.05, 3.63) is 35.4 Å². The molecule has 0 aromatic heterocycles. The van der Waals surface area contributed by atoms with E-state index in [1.165, 1.54) is 4.90 Å². The van der Waals surface area contributed by atoms with Crippen LogP contribution in [0.1, 0.15) is 28.8 Å². The van der Waals surface area contributed by atoms with E-state index in [2.05, 4.69) is 0 Å². The Morgan fingerprint density at radius 2 is 1.96 bits per heavy atom. The number of nitrogens with zero attached hydrogens (tertiary/aromatic N) is 2. The zero-order chi connectivity index (χ0) is 17.1. The second-order valence-corrected chi connectivity index (χ2v) is 6.04. The van der Waals surface area contributed by atoms with Crippen LogP contribution in [0, 0.1) is 0 Å². The number of carboxylic acid groups (broad SMARTS) is 1. The van der Waals surface area contributed by atoms with Gasteiger partial charge in [0.05, 0.1) is 13.2 Å². The van der Waals surface area contributed by atoms with Crippen molar-refractivity contribution in [3.8, 4) is 0 Å². The third kappa shape index (κ3) is 3.41. The number of aliphatic carboxylic acids is 1. The molecule has 2 aliphatic rings. The van der Waals surface area contributed by atoms with Crippen LogP contribution in [0.15, 0.2) is 24.3 Å². The van der Waals surface area contributed by atoms with Gasteiger partial charge < -0.3 is 19.6 Å². The Morgan fingerprint density at radius 3 is 2.58 bits per heavy atom. The van der Waals surface area contributed by atoms with Crippen LogP contribution in [0.3, 0.4) is 0 Å². The number of ether oxygens (including phenoxy) is 1. The molecule has 1 aromatic carbocycles. The molecule has 0 spiro atoms. The first kappa shape index (κ1) is 16.4. The first-order valence-corrected chi connectivity index (χ1v) is 8.04. The molecule has 2 aliphatic heterocycles. The number of likely N-dealkylation sites (tertiary alicyclic amines) is 1. The predicted molar refractivity (Wildman–Crippen MR) is 84.4 cm³/mol. The van der Waals surface area contributed by atoms with E-state index >= 15 is 0 Å². The molecule has 1 aromatic rings. The largest absolute Gasteiger partial charge is 0.480 e. The van der Waals surface area contributed by atoms with Crippen LogP contribution < -0.4 is 0 Å². The molecule has 0 unspecified atom stereocenters. The summed E-state index contributed by atoms with van der Waals surface area (Å²) in [6, 6.07) is 6.05. The number of carbonyl (C=O) groups excluding carboxylic acids is 2. The molecule has 0 aliphatic carbocycles. The molecule has 2 heterocycles. The predicted octanol–water partition coefficient (Wildman–Crippen LogP) is 0.735. The summed E-state index contributed by atoms with van der Waals surface area (Å²) in [7, 11) is 0. The van der Waals surface area contributed by atoms with Gasteiger partial charge in [-0.15, -0.1) is 0 Å². The molecule has 0 saturated carbocycles. The van der Waals surface area contributed by atoms with E-state index in [-0.39, 0.29) is 25.0 Å². The number of hydrogen-bond donors (Lipinski definition) is 1. The van der Waals surface area contributed by atoms with Crippen LogP contribution in [-0.2, 0) is 20.9 Å². The van der Waals surface area contributed by atoms with Crippen molar-refractivity contribution >= 4 is 17.8 Å². The summed E-state index contributed by atoms with van der Waals surface area (Å²) >= 11 is 0. The van der Waals surface area contributed by atoms with Gasteiger partial charge in [-0.3, -0.25) is 9.59 Å². The van der Waals surface area contributed by atoms with E-state index in [4.69, 9.17) is 4.74 Å². The molecular weight excluding hydrogens is 312 g/mol. The Kier molecular flexibility index (Phi) is 4.80. The maximum atomic E-state index is 12.6. The smallest absolute Gasteiger partial charge is 0.328 e. The summed E-state index contributed by atoms with van der Waals surface area (Å²) in [5, 5.41) is 9.22. The molecular formula is C17H20N2O5. The molecule has 0 radical (unpaired) electrons. The second kappa shape index (κ2) is 7.00. The zero-order valence-electron chi connectivity index (χ0n) is 13.3. The lowest BCUT2D eigenvalue weighted by Crippen LogP contribution is -2.52. The summed E-state index contributed by atoms with van der Waals surface area (Å²) in [5.74, 6) is -1.21. The maximum Gasteiger partial charge on any atom is 0.328 e. The highest BCUT2D eigenvalue weighted by atomic mass is 16.5. The minimum Gasteiger partial charge on any atom is -0.480 e. The molecule has 7 nitrogen and oxygen atoms in total. The highest BCUT2D eigenvalue weighted by Crippen LogP contribution is 2.17. The highest BCUT2D eigenvalue weighted by Gasteiger charge is 2.33. The van der Waals surface area contributed by atoms with Gasteiger partial charge in [0.25, 0.3) is 5.91 Å². The molecule has 128 valence electrons. The van der Waals surface area contributed by atoms with E-state index < -0.39 is 12.0 Å². The van der Waals surface area contributed by atoms with Crippen molar-refractivity contribution in [1.82, 2.24) is 9.80 Å². The van der Waals surface area contributed by atoms with Crippen LogP contribution in [-0.4, -0.2) is 65.0 Å². The third-order valence-electron chi connectivity index (χ3n) is 4.42. The quantitative estimate of drug-likeness (QED) is 0.878. The fourth-order valence-corrected chi connectivity index (χ4v) is 3.06. The molecule has 2 saturated heterocycles. The third-order valence-corrected chi connectivity index (χ3v) is 4.42. The molecule has 24 heavy (non-hydrogen) atoms. The van der Waals surface area contributed by atoms with Gasteiger partial charge in [0, 0.05) is 31.6 Å². The van der Waals surface area contributed by atoms with Gasteiger partial charge in [0.2, 0.25) is 5.91 Å². The number of carboxylic acids is 1.